The first-order chi connectivity index (χ1) is 6.48. The number of nitriles is 1. The molecule has 0 aliphatic rings. The average Bonchev–Trinajstić information content (AvgIpc) is 2.11. The Bertz CT molecular complexity index is 230. The minimum atomic E-state index is -1.27. The zero-order valence-electron chi connectivity index (χ0n) is 9.17. The summed E-state index contributed by atoms with van der Waals surface area (Å²) >= 11 is 0. The summed E-state index contributed by atoms with van der Waals surface area (Å²) in [4.78, 5) is 11.0. The van der Waals surface area contributed by atoms with Crippen molar-refractivity contribution in [3.63, 3.8) is 0 Å². The van der Waals surface area contributed by atoms with Crippen molar-refractivity contribution in [2.45, 2.75) is 46.5 Å². The minimum Gasteiger partial charge on any atom is -0.548 e. The molecule has 0 aliphatic carbocycles. The van der Waals surface area contributed by atoms with E-state index in [9.17, 15) is 9.90 Å². The highest BCUT2D eigenvalue weighted by atomic mass is 16.4. The van der Waals surface area contributed by atoms with Gasteiger partial charge in [-0.2, -0.15) is 5.26 Å². The molecule has 0 rings (SSSR count). The molecule has 0 fully saturated rings. The third kappa shape index (κ3) is 3.37. The quantitative estimate of drug-likeness (QED) is 0.646. The predicted molar refractivity (Wildman–Crippen MR) is 52.0 cm³/mol. The van der Waals surface area contributed by atoms with E-state index in [0.717, 1.165) is 12.8 Å². The summed E-state index contributed by atoms with van der Waals surface area (Å²) in [5, 5.41) is 19.9. The largest absolute Gasteiger partial charge is 0.548 e. The van der Waals surface area contributed by atoms with Gasteiger partial charge >= 0.3 is 0 Å². The predicted octanol–water partition coefficient (Wildman–Crippen LogP) is 1.48. The van der Waals surface area contributed by atoms with Crippen LogP contribution in [-0.4, -0.2) is 5.97 Å². The molecule has 0 aromatic carbocycles. The molecule has 0 bridgehead atoms. The number of hydrogen-bond acceptors (Lipinski definition) is 3. The molecule has 0 aromatic heterocycles. The second kappa shape index (κ2) is 5.64. The normalized spacial score (nSPS) is 14.8. The van der Waals surface area contributed by atoms with Crippen LogP contribution in [0, 0.1) is 22.7 Å². The van der Waals surface area contributed by atoms with E-state index in [1.165, 1.54) is 0 Å². The van der Waals surface area contributed by atoms with Gasteiger partial charge in [0.2, 0.25) is 0 Å². The molecule has 0 radical (unpaired) electrons. The first kappa shape index (κ1) is 13.0. The first-order valence-corrected chi connectivity index (χ1v) is 5.11. The molecule has 0 heterocycles. The Morgan fingerprint density at radius 3 is 2.43 bits per heavy atom. The van der Waals surface area contributed by atoms with Gasteiger partial charge in [-0.15, -0.1) is 0 Å². The zero-order valence-corrected chi connectivity index (χ0v) is 9.17. The number of aliphatic carboxylic acids is 1. The number of carbonyl (C=O) groups excluding carboxylic acids is 1. The molecular formula is C11H18NO2-. The van der Waals surface area contributed by atoms with Crippen LogP contribution in [0.3, 0.4) is 0 Å². The van der Waals surface area contributed by atoms with Crippen molar-refractivity contribution in [2.24, 2.45) is 11.3 Å². The Morgan fingerprint density at radius 1 is 1.57 bits per heavy atom. The molecule has 3 heteroatoms. The fourth-order valence-electron chi connectivity index (χ4n) is 1.61. The lowest BCUT2D eigenvalue weighted by Gasteiger charge is -2.29. The van der Waals surface area contributed by atoms with Gasteiger partial charge in [0.25, 0.3) is 0 Å². The molecule has 1 atom stereocenters. The van der Waals surface area contributed by atoms with Crippen molar-refractivity contribution in [2.75, 3.05) is 0 Å². The number of rotatable bonds is 6. The molecule has 0 saturated carbocycles. The number of unbranched alkanes of at least 4 members (excludes halogenated alkanes) is 1. The van der Waals surface area contributed by atoms with Crippen LogP contribution in [0.4, 0.5) is 0 Å². The van der Waals surface area contributed by atoms with Gasteiger partial charge in [-0.25, -0.2) is 0 Å². The second-order valence-corrected chi connectivity index (χ2v) is 4.18. The van der Waals surface area contributed by atoms with Crippen molar-refractivity contribution in [1.82, 2.24) is 0 Å². The summed E-state index contributed by atoms with van der Waals surface area (Å²) in [5.41, 5.74) is -1.27. The number of hydrogen-bond donors (Lipinski definition) is 0. The lowest BCUT2D eigenvalue weighted by atomic mass is 9.77. The van der Waals surface area contributed by atoms with E-state index in [4.69, 9.17) is 5.26 Å². The highest BCUT2D eigenvalue weighted by molar-refractivity contribution is 5.75. The lowest BCUT2D eigenvalue weighted by molar-refractivity contribution is -0.317. The van der Waals surface area contributed by atoms with Crippen LogP contribution < -0.4 is 5.11 Å². The van der Waals surface area contributed by atoms with Gasteiger partial charge in [0.15, 0.2) is 0 Å². The van der Waals surface area contributed by atoms with Crippen LogP contribution in [0.5, 0.6) is 0 Å². The van der Waals surface area contributed by atoms with E-state index in [-0.39, 0.29) is 5.92 Å². The molecule has 0 spiro atoms. The van der Waals surface area contributed by atoms with Crippen molar-refractivity contribution in [3.8, 4) is 6.07 Å². The fraction of sp³-hybridized carbons (Fsp3) is 0.818. The summed E-state index contributed by atoms with van der Waals surface area (Å²) < 4.78 is 0. The summed E-state index contributed by atoms with van der Waals surface area (Å²) in [6.07, 6.45) is 2.44. The standard InChI is InChI=1S/C11H19NO2/c1-4-5-6-11(8-12,10(13)14)7-9(2)3/h9H,4-7H2,1-3H3,(H,13,14)/p-1. The molecule has 0 aliphatic heterocycles. The minimum absolute atomic E-state index is 0.199. The molecule has 1 unspecified atom stereocenters. The van der Waals surface area contributed by atoms with Crippen LogP contribution >= 0.6 is 0 Å². The van der Waals surface area contributed by atoms with E-state index >= 15 is 0 Å². The van der Waals surface area contributed by atoms with Gasteiger partial charge in [-0.1, -0.05) is 33.6 Å². The lowest BCUT2D eigenvalue weighted by Crippen LogP contribution is -2.42. The van der Waals surface area contributed by atoms with Gasteiger partial charge in [0, 0.05) is 0 Å². The van der Waals surface area contributed by atoms with Gasteiger partial charge in [-0.3, -0.25) is 0 Å². The fourth-order valence-corrected chi connectivity index (χ4v) is 1.61. The number of carbonyl (C=O) groups is 1. The van der Waals surface area contributed by atoms with Crippen molar-refractivity contribution in [3.05, 3.63) is 0 Å². The Morgan fingerprint density at radius 2 is 2.14 bits per heavy atom. The number of carboxylic acid groups (broad SMARTS) is 1. The van der Waals surface area contributed by atoms with Crippen molar-refractivity contribution < 1.29 is 9.90 Å². The smallest absolute Gasteiger partial charge is 0.0969 e. The van der Waals surface area contributed by atoms with Crippen LogP contribution in [-0.2, 0) is 4.79 Å². The van der Waals surface area contributed by atoms with E-state index in [0.29, 0.717) is 12.8 Å². The molecule has 0 amide bonds. The average molecular weight is 196 g/mol. The maximum absolute atomic E-state index is 11.0. The Hall–Kier alpha value is -1.04. The second-order valence-electron chi connectivity index (χ2n) is 4.18. The third-order valence-electron chi connectivity index (χ3n) is 2.32. The van der Waals surface area contributed by atoms with E-state index in [2.05, 4.69) is 0 Å². The van der Waals surface area contributed by atoms with E-state index < -0.39 is 11.4 Å². The van der Waals surface area contributed by atoms with Crippen LogP contribution in [0.15, 0.2) is 0 Å². The van der Waals surface area contributed by atoms with Crippen LogP contribution in [0.25, 0.3) is 0 Å². The molecule has 3 nitrogen and oxygen atoms in total. The van der Waals surface area contributed by atoms with E-state index in [1.54, 1.807) is 0 Å². The Balaban J connectivity index is 4.63. The summed E-state index contributed by atoms with van der Waals surface area (Å²) in [7, 11) is 0. The summed E-state index contributed by atoms with van der Waals surface area (Å²) in [5.74, 6) is -1.02. The monoisotopic (exact) mass is 196 g/mol. The summed E-state index contributed by atoms with van der Waals surface area (Å²) in [6.45, 7) is 5.81. The molecular weight excluding hydrogens is 178 g/mol. The molecule has 80 valence electrons. The highest BCUT2D eigenvalue weighted by Gasteiger charge is 2.31. The van der Waals surface area contributed by atoms with Gasteiger partial charge < -0.3 is 9.90 Å². The van der Waals surface area contributed by atoms with Crippen LogP contribution in [0.2, 0.25) is 0 Å². The molecule has 14 heavy (non-hydrogen) atoms. The maximum atomic E-state index is 11.0. The Labute approximate surface area is 85.7 Å². The molecule has 0 saturated heterocycles. The van der Waals surface area contributed by atoms with Crippen molar-refractivity contribution >= 4 is 5.97 Å². The van der Waals surface area contributed by atoms with Crippen LogP contribution in [0.1, 0.15) is 46.5 Å². The maximum Gasteiger partial charge on any atom is 0.0969 e. The van der Waals surface area contributed by atoms with Crippen molar-refractivity contribution in [1.29, 1.82) is 5.26 Å². The number of carboxylic acids is 1. The van der Waals surface area contributed by atoms with E-state index in [1.807, 2.05) is 26.8 Å². The topological polar surface area (TPSA) is 63.9 Å². The number of nitrogens with zero attached hydrogens (tertiary/aromatic N) is 1. The van der Waals surface area contributed by atoms with Gasteiger partial charge in [-0.05, 0) is 18.8 Å². The Kier molecular flexibility index (Phi) is 5.22. The van der Waals surface area contributed by atoms with Gasteiger partial charge in [0.05, 0.1) is 17.5 Å². The molecule has 0 aromatic rings. The van der Waals surface area contributed by atoms with Gasteiger partial charge in [0.1, 0.15) is 0 Å². The third-order valence-corrected chi connectivity index (χ3v) is 2.32. The molecule has 0 N–H and O–H groups in total. The zero-order chi connectivity index (χ0) is 11.2. The highest BCUT2D eigenvalue weighted by Crippen LogP contribution is 2.31. The summed E-state index contributed by atoms with van der Waals surface area (Å²) in [6, 6.07) is 1.92. The first-order valence-electron chi connectivity index (χ1n) is 5.11. The SMILES string of the molecule is CCCCC(C#N)(CC(C)C)C(=O)[O-].